The first-order valence-electron chi connectivity index (χ1n) is 9.31. The Morgan fingerprint density at radius 3 is 2.58 bits per heavy atom. The van der Waals surface area contributed by atoms with Gasteiger partial charge in [-0.3, -0.25) is 0 Å². The number of halogens is 3. The van der Waals surface area contributed by atoms with Gasteiger partial charge in [-0.25, -0.2) is 4.98 Å². The lowest BCUT2D eigenvalue weighted by atomic mass is 10.0. The lowest BCUT2D eigenvalue weighted by Crippen LogP contribution is -2.73. The van der Waals surface area contributed by atoms with Gasteiger partial charge in [-0.1, -0.05) is 19.0 Å². The van der Waals surface area contributed by atoms with E-state index in [0.717, 1.165) is 6.07 Å². The summed E-state index contributed by atoms with van der Waals surface area (Å²) in [4.78, 5) is 8.18. The predicted molar refractivity (Wildman–Crippen MR) is 104 cm³/mol. The Bertz CT molecular complexity index is 1130. The van der Waals surface area contributed by atoms with Crippen molar-refractivity contribution in [3.63, 3.8) is 0 Å². The van der Waals surface area contributed by atoms with Crippen molar-refractivity contribution in [2.75, 3.05) is 12.8 Å². The summed E-state index contributed by atoms with van der Waals surface area (Å²) in [6, 6.07) is 6.92. The highest BCUT2D eigenvalue weighted by Gasteiger charge is 2.35. The standard InChI is InChI=1S/C20H19F3N6O2/c1-10(2)19-28-17(31-29-19)9-30-16-5-4-11(6-12(16)20(21,22)23)13-7-14(26-3)18(25)15(8-24)27-13/h4-7,10H,9,25H2,1-3H3,(H,26,27)/p+1. The summed E-state index contributed by atoms with van der Waals surface area (Å²) in [6.07, 6.45) is -4.69. The Morgan fingerprint density at radius 2 is 2.00 bits per heavy atom. The van der Waals surface area contributed by atoms with Crippen molar-refractivity contribution in [2.45, 2.75) is 32.5 Å². The van der Waals surface area contributed by atoms with Crippen molar-refractivity contribution in [3.8, 4) is 23.1 Å². The molecule has 0 radical (unpaired) electrons. The summed E-state index contributed by atoms with van der Waals surface area (Å²) in [6.45, 7) is 3.41. The molecule has 2 heterocycles. The van der Waals surface area contributed by atoms with Crippen LogP contribution in [0.15, 0.2) is 28.8 Å². The number of anilines is 1. The Kier molecular flexibility index (Phi) is 6.12. The van der Waals surface area contributed by atoms with E-state index >= 15 is 0 Å². The number of quaternary nitrogens is 1. The molecule has 0 atom stereocenters. The summed E-state index contributed by atoms with van der Waals surface area (Å²) in [5, 5.41) is 14.6. The van der Waals surface area contributed by atoms with Gasteiger partial charge in [-0.15, -0.1) is 0 Å². The maximum Gasteiger partial charge on any atom is 0.419 e. The van der Waals surface area contributed by atoms with E-state index in [1.807, 2.05) is 19.9 Å². The molecule has 1 aromatic carbocycles. The lowest BCUT2D eigenvalue weighted by molar-refractivity contribution is -0.538. The second-order valence-corrected chi connectivity index (χ2v) is 6.96. The minimum absolute atomic E-state index is 0.0125. The highest BCUT2D eigenvalue weighted by Crippen LogP contribution is 2.39. The molecule has 8 nitrogen and oxygen atoms in total. The summed E-state index contributed by atoms with van der Waals surface area (Å²) < 4.78 is 51.4. The van der Waals surface area contributed by atoms with Crippen molar-refractivity contribution in [1.29, 1.82) is 5.26 Å². The van der Waals surface area contributed by atoms with Crippen LogP contribution in [0.1, 0.15) is 42.7 Å². The van der Waals surface area contributed by atoms with Crippen LogP contribution in [0.2, 0.25) is 0 Å². The van der Waals surface area contributed by atoms with Gasteiger partial charge in [-0.05, 0) is 18.2 Å². The van der Waals surface area contributed by atoms with Crippen LogP contribution < -0.4 is 15.8 Å². The summed E-state index contributed by atoms with van der Waals surface area (Å²) in [7, 11) is 1.71. The van der Waals surface area contributed by atoms with Crippen LogP contribution in [-0.4, -0.2) is 22.2 Å². The second-order valence-electron chi connectivity index (χ2n) is 6.96. The van der Waals surface area contributed by atoms with Crippen molar-refractivity contribution in [1.82, 2.24) is 15.1 Å². The van der Waals surface area contributed by atoms with Crippen LogP contribution in [0.3, 0.4) is 0 Å². The zero-order chi connectivity index (χ0) is 22.8. The molecule has 31 heavy (non-hydrogen) atoms. The van der Waals surface area contributed by atoms with Gasteiger partial charge in [0.2, 0.25) is 0 Å². The zero-order valence-electron chi connectivity index (χ0n) is 17.0. The minimum atomic E-state index is -4.69. The van der Waals surface area contributed by atoms with Gasteiger partial charge in [0.15, 0.2) is 23.8 Å². The number of nitriles is 1. The molecule has 0 saturated carbocycles. The number of aromatic nitrogens is 3. The van der Waals surface area contributed by atoms with Crippen LogP contribution in [0.4, 0.5) is 24.5 Å². The van der Waals surface area contributed by atoms with E-state index in [2.05, 4.69) is 15.1 Å². The van der Waals surface area contributed by atoms with Gasteiger partial charge < -0.3 is 20.3 Å². The summed E-state index contributed by atoms with van der Waals surface area (Å²) >= 11 is 0. The van der Waals surface area contributed by atoms with E-state index in [1.165, 1.54) is 18.2 Å². The zero-order valence-corrected chi connectivity index (χ0v) is 17.0. The van der Waals surface area contributed by atoms with Gasteiger partial charge in [0.05, 0.1) is 18.3 Å². The van der Waals surface area contributed by atoms with Gasteiger partial charge in [-0.2, -0.15) is 23.4 Å². The largest absolute Gasteiger partial charge is 0.483 e. The molecule has 162 valence electrons. The van der Waals surface area contributed by atoms with E-state index in [1.54, 1.807) is 12.4 Å². The normalized spacial score (nSPS) is 11.5. The van der Waals surface area contributed by atoms with E-state index in [-0.39, 0.29) is 41.1 Å². The Labute approximate surface area is 175 Å². The van der Waals surface area contributed by atoms with Gasteiger partial charge in [0, 0.05) is 17.5 Å². The maximum absolute atomic E-state index is 13.7. The number of hydrogen-bond acceptors (Lipinski definition) is 7. The topological polar surface area (TPSA) is 127 Å². The van der Waals surface area contributed by atoms with Crippen LogP contribution >= 0.6 is 0 Å². The molecule has 2 aromatic heterocycles. The van der Waals surface area contributed by atoms with E-state index in [0.29, 0.717) is 11.5 Å². The highest BCUT2D eigenvalue weighted by molar-refractivity contribution is 5.73. The first-order valence-corrected chi connectivity index (χ1v) is 9.31. The molecule has 0 amide bonds. The number of rotatable bonds is 6. The first-order chi connectivity index (χ1) is 14.6. The molecular weight excluding hydrogens is 413 g/mol. The molecule has 3 rings (SSSR count). The Balaban J connectivity index is 1.96. The number of pyridine rings is 1. The van der Waals surface area contributed by atoms with E-state index in [9.17, 15) is 18.4 Å². The summed E-state index contributed by atoms with van der Waals surface area (Å²) in [5.74, 6) is 0.136. The van der Waals surface area contributed by atoms with Crippen molar-refractivity contribution in [3.05, 3.63) is 47.2 Å². The number of hydrogen-bond donors (Lipinski definition) is 2. The molecule has 0 aliphatic heterocycles. The van der Waals surface area contributed by atoms with Gasteiger partial charge >= 0.3 is 6.18 Å². The number of benzene rings is 1. The molecular formula is C20H20F3N6O2+. The molecule has 3 aromatic rings. The van der Waals surface area contributed by atoms with Crippen LogP contribution in [0, 0.1) is 11.3 Å². The minimum Gasteiger partial charge on any atom is -0.483 e. The van der Waals surface area contributed by atoms with E-state index < -0.39 is 17.5 Å². The molecule has 0 unspecified atom stereocenters. The molecule has 0 bridgehead atoms. The first kappa shape index (κ1) is 22.0. The van der Waals surface area contributed by atoms with Crippen LogP contribution in [-0.2, 0) is 12.8 Å². The molecule has 0 fully saturated rings. The number of ether oxygens (including phenoxy) is 1. The number of nitrogens with zero attached hydrogens (tertiary/aromatic N) is 4. The number of nitrogens with two attached hydrogens (primary N) is 2. The van der Waals surface area contributed by atoms with Gasteiger partial charge in [0.1, 0.15) is 17.5 Å². The smallest absolute Gasteiger partial charge is 0.419 e. The second kappa shape index (κ2) is 8.61. The summed E-state index contributed by atoms with van der Waals surface area (Å²) in [5.41, 5.74) is 5.84. The fourth-order valence-electron chi connectivity index (χ4n) is 2.78. The molecule has 11 heteroatoms. The average Bonchev–Trinajstić information content (AvgIpc) is 3.21. The SMILES string of the molecule is C[NH2+]c1cc(-c2ccc(OCc3nc(C(C)C)no3)c(C(F)(F)F)c2)nc(C#N)c1N. The third kappa shape index (κ3) is 4.75. The maximum atomic E-state index is 13.7. The molecule has 0 aliphatic rings. The Hall–Kier alpha value is -3.65. The fraction of sp³-hybridized carbons (Fsp3) is 0.300. The predicted octanol–water partition coefficient (Wildman–Crippen LogP) is 3.13. The van der Waals surface area contributed by atoms with Crippen molar-refractivity contribution in [2.24, 2.45) is 0 Å². The molecule has 0 aliphatic carbocycles. The average molecular weight is 433 g/mol. The lowest BCUT2D eigenvalue weighted by Gasteiger charge is -2.15. The third-order valence-corrected chi connectivity index (χ3v) is 4.44. The number of alkyl halides is 3. The Morgan fingerprint density at radius 1 is 1.26 bits per heavy atom. The van der Waals surface area contributed by atoms with Crippen LogP contribution in [0.5, 0.6) is 5.75 Å². The third-order valence-electron chi connectivity index (χ3n) is 4.44. The monoisotopic (exact) mass is 433 g/mol. The van der Waals surface area contributed by atoms with Crippen molar-refractivity contribution < 1.29 is 27.7 Å². The van der Waals surface area contributed by atoms with Crippen LogP contribution in [0.25, 0.3) is 11.3 Å². The molecule has 0 spiro atoms. The van der Waals surface area contributed by atoms with Crippen molar-refractivity contribution >= 4 is 11.4 Å². The fourth-order valence-corrected chi connectivity index (χ4v) is 2.78. The quantitative estimate of drug-likeness (QED) is 0.611. The van der Waals surface area contributed by atoms with Gasteiger partial charge in [0.25, 0.3) is 5.89 Å². The number of nitrogen functional groups attached to an aromatic ring is 1. The molecule has 4 N–H and O–H groups in total. The molecule has 0 saturated heterocycles. The highest BCUT2D eigenvalue weighted by atomic mass is 19.4. The van der Waals surface area contributed by atoms with E-state index in [4.69, 9.17) is 15.0 Å².